The van der Waals surface area contributed by atoms with Crippen LogP contribution in [-0.4, -0.2) is 15.5 Å². The minimum atomic E-state index is -3.71. The van der Waals surface area contributed by atoms with Crippen LogP contribution in [0.15, 0.2) is 23.1 Å². The van der Waals surface area contributed by atoms with E-state index >= 15 is 0 Å². The SMILES string of the molecule is COc1ccc(S(=O)(=O)NN)c(Cl)c1. The van der Waals surface area contributed by atoms with Gasteiger partial charge in [-0.1, -0.05) is 11.6 Å². The Morgan fingerprint density at radius 2 is 2.14 bits per heavy atom. The first-order valence-corrected chi connectivity index (χ1v) is 5.43. The first kappa shape index (κ1) is 11.3. The van der Waals surface area contributed by atoms with Gasteiger partial charge >= 0.3 is 0 Å². The van der Waals surface area contributed by atoms with Crippen LogP contribution in [-0.2, 0) is 10.0 Å². The van der Waals surface area contributed by atoms with Crippen LogP contribution in [0.4, 0.5) is 0 Å². The fourth-order valence-electron chi connectivity index (χ4n) is 0.890. The Morgan fingerprint density at radius 3 is 2.57 bits per heavy atom. The van der Waals surface area contributed by atoms with E-state index in [9.17, 15) is 8.42 Å². The molecule has 1 aromatic carbocycles. The number of hydrogen-bond donors (Lipinski definition) is 2. The van der Waals surface area contributed by atoms with Crippen molar-refractivity contribution in [3.8, 4) is 5.75 Å². The third-order valence-corrected chi connectivity index (χ3v) is 3.25. The smallest absolute Gasteiger partial charge is 0.254 e. The molecule has 78 valence electrons. The lowest BCUT2D eigenvalue weighted by Gasteiger charge is -2.06. The molecule has 3 N–H and O–H groups in total. The van der Waals surface area contributed by atoms with Gasteiger partial charge in [0, 0.05) is 6.07 Å². The molecule has 0 saturated heterocycles. The van der Waals surface area contributed by atoms with Crippen molar-refractivity contribution in [3.63, 3.8) is 0 Å². The highest BCUT2D eigenvalue weighted by atomic mass is 35.5. The fourth-order valence-corrected chi connectivity index (χ4v) is 2.06. The zero-order valence-corrected chi connectivity index (χ0v) is 8.89. The molecule has 0 radical (unpaired) electrons. The number of sulfonamides is 1. The maximum absolute atomic E-state index is 11.3. The van der Waals surface area contributed by atoms with E-state index in [0.717, 1.165) is 0 Å². The highest BCUT2D eigenvalue weighted by Gasteiger charge is 2.16. The number of hydrogen-bond acceptors (Lipinski definition) is 4. The number of benzene rings is 1. The molecule has 1 rings (SSSR count). The van der Waals surface area contributed by atoms with Crippen LogP contribution in [0.5, 0.6) is 5.75 Å². The standard InChI is InChI=1S/C7H9ClN2O3S/c1-13-5-2-3-7(6(8)4-5)14(11,12)10-9/h2-4,10H,9H2,1H3. The lowest BCUT2D eigenvalue weighted by Crippen LogP contribution is -2.30. The molecule has 7 heteroatoms. The molecule has 0 fully saturated rings. The second kappa shape index (κ2) is 4.14. The van der Waals surface area contributed by atoms with Crippen LogP contribution in [0.1, 0.15) is 0 Å². The summed E-state index contributed by atoms with van der Waals surface area (Å²) in [6, 6.07) is 4.19. The van der Waals surface area contributed by atoms with E-state index in [2.05, 4.69) is 0 Å². The van der Waals surface area contributed by atoms with E-state index in [1.807, 2.05) is 0 Å². The Bertz CT molecular complexity index is 433. The predicted molar refractivity (Wildman–Crippen MR) is 52.5 cm³/mol. The van der Waals surface area contributed by atoms with E-state index in [1.165, 1.54) is 25.3 Å². The van der Waals surface area contributed by atoms with Gasteiger partial charge in [0.15, 0.2) is 0 Å². The van der Waals surface area contributed by atoms with Gasteiger partial charge in [-0.15, -0.1) is 0 Å². The maximum atomic E-state index is 11.3. The molecule has 0 spiro atoms. The quantitative estimate of drug-likeness (QED) is 0.592. The summed E-state index contributed by atoms with van der Waals surface area (Å²) in [5, 5.41) is 0.0577. The highest BCUT2D eigenvalue weighted by molar-refractivity contribution is 7.89. The first-order valence-electron chi connectivity index (χ1n) is 3.57. The van der Waals surface area contributed by atoms with Crippen molar-refractivity contribution < 1.29 is 13.2 Å². The van der Waals surface area contributed by atoms with Crippen LogP contribution in [0.2, 0.25) is 5.02 Å². The molecule has 0 bridgehead atoms. The van der Waals surface area contributed by atoms with Gasteiger partial charge in [-0.25, -0.2) is 8.42 Å². The van der Waals surface area contributed by atoms with Gasteiger partial charge in [0.2, 0.25) is 0 Å². The van der Waals surface area contributed by atoms with E-state index < -0.39 is 10.0 Å². The molecule has 0 aromatic heterocycles. The average molecular weight is 237 g/mol. The summed E-state index contributed by atoms with van der Waals surface area (Å²) in [6.07, 6.45) is 0. The van der Waals surface area contributed by atoms with E-state index in [1.54, 1.807) is 4.83 Å². The van der Waals surface area contributed by atoms with Crippen molar-refractivity contribution in [1.82, 2.24) is 4.83 Å². The largest absolute Gasteiger partial charge is 0.497 e. The molecule has 0 aliphatic rings. The third-order valence-electron chi connectivity index (χ3n) is 1.58. The van der Waals surface area contributed by atoms with Crippen molar-refractivity contribution in [1.29, 1.82) is 0 Å². The number of hydrazine groups is 1. The molecule has 0 aliphatic carbocycles. The number of ether oxygens (including phenoxy) is 1. The van der Waals surface area contributed by atoms with Crippen molar-refractivity contribution in [2.45, 2.75) is 4.90 Å². The minimum Gasteiger partial charge on any atom is -0.497 e. The molecule has 0 atom stereocenters. The number of methoxy groups -OCH3 is 1. The minimum absolute atomic E-state index is 0.0577. The van der Waals surface area contributed by atoms with Gasteiger partial charge in [0.1, 0.15) is 10.6 Å². The average Bonchev–Trinajstić information content (AvgIpc) is 2.17. The maximum Gasteiger partial charge on any atom is 0.254 e. The summed E-state index contributed by atoms with van der Waals surface area (Å²) in [6.45, 7) is 0. The lowest BCUT2D eigenvalue weighted by atomic mass is 10.3. The zero-order chi connectivity index (χ0) is 10.8. The second-order valence-electron chi connectivity index (χ2n) is 2.42. The first-order chi connectivity index (χ1) is 6.51. The summed E-state index contributed by atoms with van der Waals surface area (Å²) in [4.78, 5) is 1.60. The van der Waals surface area contributed by atoms with Crippen molar-refractivity contribution >= 4 is 21.6 Å². The van der Waals surface area contributed by atoms with Crippen LogP contribution < -0.4 is 15.4 Å². The Labute approximate surface area is 86.8 Å². The Hall–Kier alpha value is -0.820. The van der Waals surface area contributed by atoms with Crippen molar-refractivity contribution in [3.05, 3.63) is 23.2 Å². The fraction of sp³-hybridized carbons (Fsp3) is 0.143. The summed E-state index contributed by atoms with van der Waals surface area (Å²) in [5.41, 5.74) is 0. The number of rotatable bonds is 3. The molecular formula is C7H9ClN2O3S. The van der Waals surface area contributed by atoms with Crippen molar-refractivity contribution in [2.75, 3.05) is 7.11 Å². The molecule has 0 aliphatic heterocycles. The molecule has 14 heavy (non-hydrogen) atoms. The number of halogens is 1. The van der Waals surface area contributed by atoms with Gasteiger partial charge < -0.3 is 4.74 Å². The normalized spacial score (nSPS) is 11.4. The van der Waals surface area contributed by atoms with Gasteiger partial charge in [0.05, 0.1) is 12.1 Å². The molecule has 0 heterocycles. The monoisotopic (exact) mass is 236 g/mol. The number of nitrogens with one attached hydrogen (secondary N) is 1. The second-order valence-corrected chi connectivity index (χ2v) is 4.51. The Morgan fingerprint density at radius 1 is 1.50 bits per heavy atom. The zero-order valence-electron chi connectivity index (χ0n) is 7.32. The van der Waals surface area contributed by atoms with E-state index in [-0.39, 0.29) is 9.92 Å². The summed E-state index contributed by atoms with van der Waals surface area (Å²) < 4.78 is 27.4. The number of nitrogens with two attached hydrogens (primary N) is 1. The van der Waals surface area contributed by atoms with Crippen molar-refractivity contribution in [2.24, 2.45) is 5.84 Å². The Kier molecular flexibility index (Phi) is 3.33. The molecular weight excluding hydrogens is 228 g/mol. The van der Waals surface area contributed by atoms with Crippen LogP contribution in [0.25, 0.3) is 0 Å². The Balaban J connectivity index is 3.26. The van der Waals surface area contributed by atoms with Crippen LogP contribution in [0.3, 0.4) is 0 Å². The van der Waals surface area contributed by atoms with Crippen LogP contribution >= 0.6 is 11.6 Å². The summed E-state index contributed by atoms with van der Waals surface area (Å²) >= 11 is 5.72. The van der Waals surface area contributed by atoms with Crippen LogP contribution in [0, 0.1) is 0 Å². The summed E-state index contributed by atoms with van der Waals surface area (Å²) in [5.74, 6) is 5.33. The molecule has 0 saturated carbocycles. The predicted octanol–water partition coefficient (Wildman–Crippen LogP) is 0.501. The van der Waals surface area contributed by atoms with E-state index in [0.29, 0.717) is 5.75 Å². The topological polar surface area (TPSA) is 81.4 Å². The summed E-state index contributed by atoms with van der Waals surface area (Å²) in [7, 11) is -2.25. The van der Waals surface area contributed by atoms with Gasteiger partial charge in [-0.2, -0.15) is 4.83 Å². The lowest BCUT2D eigenvalue weighted by molar-refractivity contribution is 0.414. The van der Waals surface area contributed by atoms with E-state index in [4.69, 9.17) is 22.2 Å². The van der Waals surface area contributed by atoms with Gasteiger partial charge in [-0.3, -0.25) is 5.84 Å². The van der Waals surface area contributed by atoms with Gasteiger partial charge in [-0.05, 0) is 12.1 Å². The molecule has 0 amide bonds. The molecule has 5 nitrogen and oxygen atoms in total. The third kappa shape index (κ3) is 2.16. The molecule has 1 aromatic rings. The van der Waals surface area contributed by atoms with Gasteiger partial charge in [0.25, 0.3) is 10.0 Å². The highest BCUT2D eigenvalue weighted by Crippen LogP contribution is 2.25. The molecule has 0 unspecified atom stereocenters.